The molecule has 63 heavy (non-hydrogen) atoms. The number of benzene rings is 2. The summed E-state index contributed by atoms with van der Waals surface area (Å²) >= 11 is 0. The fourth-order valence-corrected chi connectivity index (χ4v) is 7.53. The number of hydrogen-bond donors (Lipinski definition) is 9. The summed E-state index contributed by atoms with van der Waals surface area (Å²) in [5, 5.41) is 27.0. The average Bonchev–Trinajstić information content (AvgIpc) is 3.59. The van der Waals surface area contributed by atoms with Gasteiger partial charge >= 0.3 is 12.0 Å². The van der Waals surface area contributed by atoms with Gasteiger partial charge in [0.2, 0.25) is 23.6 Å². The Balaban J connectivity index is 1.76. The molecule has 18 heteroatoms. The minimum Gasteiger partial charge on any atom is -0.480 e. The molecular weight excluding hydrogens is 809 g/mol. The van der Waals surface area contributed by atoms with Crippen LogP contribution in [0.15, 0.2) is 65.8 Å². The van der Waals surface area contributed by atoms with Gasteiger partial charge in [-0.3, -0.25) is 33.5 Å². The molecule has 0 saturated carbocycles. The van der Waals surface area contributed by atoms with Gasteiger partial charge in [-0.05, 0) is 60.6 Å². The van der Waals surface area contributed by atoms with E-state index in [1.807, 2.05) is 34.6 Å². The number of carboxylic acids is 1. The van der Waals surface area contributed by atoms with Crippen molar-refractivity contribution in [3.8, 4) is 0 Å². The zero-order valence-corrected chi connectivity index (χ0v) is 37.0. The molecule has 0 radical (unpaired) electrons. The molecule has 11 N–H and O–H groups in total. The summed E-state index contributed by atoms with van der Waals surface area (Å²) in [6, 6.07) is 7.77. The summed E-state index contributed by atoms with van der Waals surface area (Å²) in [5.41, 5.74) is 12.7. The first kappa shape index (κ1) is 49.2. The summed E-state index contributed by atoms with van der Waals surface area (Å²) < 4.78 is 1.44. The van der Waals surface area contributed by atoms with Crippen LogP contribution in [-0.2, 0) is 36.8 Å². The first-order chi connectivity index (χ1) is 29.9. The molecule has 3 aromatic rings. The highest BCUT2D eigenvalue weighted by molar-refractivity contribution is 6.01. The summed E-state index contributed by atoms with van der Waals surface area (Å²) in [4.78, 5) is 101. The van der Waals surface area contributed by atoms with E-state index in [0.29, 0.717) is 34.9 Å². The van der Waals surface area contributed by atoms with Crippen molar-refractivity contribution in [2.45, 2.75) is 123 Å². The number of carbonyl (C=O) groups excluding carboxylic acids is 6. The predicted octanol–water partition coefficient (Wildman–Crippen LogP) is 2.33. The molecule has 2 aromatic carbocycles. The maximum atomic E-state index is 14.6. The van der Waals surface area contributed by atoms with Crippen molar-refractivity contribution >= 4 is 58.4 Å². The van der Waals surface area contributed by atoms with Crippen LogP contribution < -0.4 is 43.4 Å². The number of guanidine groups is 1. The van der Waals surface area contributed by atoms with Crippen LogP contribution in [0.4, 0.5) is 4.79 Å². The molecule has 18 nitrogen and oxygen atoms in total. The molecule has 2 heterocycles. The van der Waals surface area contributed by atoms with E-state index >= 15 is 0 Å². The van der Waals surface area contributed by atoms with Crippen LogP contribution in [0.5, 0.6) is 0 Å². The third-order valence-corrected chi connectivity index (χ3v) is 11.0. The standard InChI is InChI=1S/C45H64N10O8/c1-7-27(6)37-41(59)49-31(17-13-19-48-44(46)47)38(56)51-34(21-26(4)5)42(60)55-24-29(30-16-11-12-18-36(30)55)23-33(40(58)54-37)50-39(57)32(20-25(2)3)52-45(63)53-35(43(61)62)22-28-14-9-8-10-15-28/h8-12,14-16,18,24-27,31-35,37H,7,13,17,19-23H2,1-6H3,(H,49,59)(H,50,57)(H,51,56)(H,54,58)(H,61,62)(H4,46,47,48)(H2,52,53,63)/t27-,31-,32-,33-,34-,35-,37-/m0/s1. The van der Waals surface area contributed by atoms with Crippen molar-refractivity contribution in [3.63, 3.8) is 0 Å². The molecule has 0 fully saturated rings. The fourth-order valence-electron chi connectivity index (χ4n) is 7.53. The van der Waals surface area contributed by atoms with Crippen LogP contribution in [0.2, 0.25) is 0 Å². The number of nitrogens with one attached hydrogen (secondary N) is 6. The second-order valence-corrected chi connectivity index (χ2v) is 17.1. The highest BCUT2D eigenvalue weighted by Gasteiger charge is 2.36. The Morgan fingerprint density at radius 2 is 1.49 bits per heavy atom. The SMILES string of the molecule is CC[C@H](C)[C@@H]1NC(=O)[C@@H](NC(=O)[C@H](CC(C)C)NC(=O)N[C@@H](Cc2ccccc2)C(=O)O)Cc2cn(c3ccccc23)C(=O)[C@H](CC(C)C)NC(=O)[C@H](CCCN=C(N)N)NC1=O. The van der Waals surface area contributed by atoms with Gasteiger partial charge < -0.3 is 48.5 Å². The van der Waals surface area contributed by atoms with E-state index < -0.39 is 83.7 Å². The van der Waals surface area contributed by atoms with Crippen molar-refractivity contribution < 1.29 is 38.7 Å². The maximum absolute atomic E-state index is 14.6. The lowest BCUT2D eigenvalue weighted by molar-refractivity contribution is -0.139. The van der Waals surface area contributed by atoms with Crippen molar-refractivity contribution in [2.24, 2.45) is 34.2 Å². The number of aromatic nitrogens is 1. The molecule has 1 aliphatic rings. The van der Waals surface area contributed by atoms with E-state index in [-0.39, 0.29) is 56.4 Å². The normalized spacial score (nSPS) is 20.0. The summed E-state index contributed by atoms with van der Waals surface area (Å²) in [7, 11) is 0. The number of nitrogens with two attached hydrogens (primary N) is 2. The van der Waals surface area contributed by atoms with Crippen molar-refractivity contribution in [2.75, 3.05) is 6.54 Å². The van der Waals surface area contributed by atoms with Crippen LogP contribution in [0.1, 0.15) is 89.6 Å². The smallest absolute Gasteiger partial charge is 0.326 e. The number of fused-ring (bicyclic) bond motifs is 5. The zero-order valence-electron chi connectivity index (χ0n) is 37.0. The van der Waals surface area contributed by atoms with E-state index in [9.17, 15) is 38.7 Å². The Kier molecular flexibility index (Phi) is 18.1. The monoisotopic (exact) mass is 872 g/mol. The van der Waals surface area contributed by atoms with E-state index in [4.69, 9.17) is 11.5 Å². The van der Waals surface area contributed by atoms with E-state index in [2.05, 4.69) is 36.9 Å². The molecule has 6 amide bonds. The van der Waals surface area contributed by atoms with Crippen LogP contribution in [-0.4, -0.2) is 100.0 Å². The third-order valence-electron chi connectivity index (χ3n) is 11.0. The van der Waals surface area contributed by atoms with Crippen LogP contribution in [0.3, 0.4) is 0 Å². The molecule has 1 aliphatic heterocycles. The number of carboxylic acid groups (broad SMARTS) is 1. The largest absolute Gasteiger partial charge is 0.480 e. The second-order valence-electron chi connectivity index (χ2n) is 17.1. The molecule has 0 unspecified atom stereocenters. The maximum Gasteiger partial charge on any atom is 0.326 e. The van der Waals surface area contributed by atoms with Crippen molar-refractivity contribution in [1.82, 2.24) is 36.5 Å². The summed E-state index contributed by atoms with van der Waals surface area (Å²) in [5.74, 6) is -5.15. The van der Waals surface area contributed by atoms with Crippen LogP contribution >= 0.6 is 0 Å². The number of aliphatic imine (C=N–C) groups is 1. The molecule has 2 bridgehead atoms. The van der Waals surface area contributed by atoms with Crippen LogP contribution in [0, 0.1) is 17.8 Å². The molecule has 7 atom stereocenters. The Morgan fingerprint density at radius 3 is 2.13 bits per heavy atom. The molecule has 4 rings (SSSR count). The first-order valence-electron chi connectivity index (χ1n) is 21.6. The lowest BCUT2D eigenvalue weighted by Gasteiger charge is -2.29. The van der Waals surface area contributed by atoms with E-state index in [0.717, 1.165) is 0 Å². The highest BCUT2D eigenvalue weighted by atomic mass is 16.4. The quantitative estimate of drug-likeness (QED) is 0.0542. The lowest BCUT2D eigenvalue weighted by Crippen LogP contribution is -2.61. The Labute approximate surface area is 368 Å². The van der Waals surface area contributed by atoms with Gasteiger partial charge in [0.1, 0.15) is 36.3 Å². The molecule has 342 valence electrons. The number of amides is 6. The topological polar surface area (TPSA) is 281 Å². The number of nitrogens with zero attached hydrogens (tertiary/aromatic N) is 2. The van der Waals surface area contributed by atoms with Gasteiger partial charge in [0.05, 0.1) is 5.52 Å². The predicted molar refractivity (Wildman–Crippen MR) is 239 cm³/mol. The minimum absolute atomic E-state index is 0.00490. The van der Waals surface area contributed by atoms with E-state index in [1.165, 1.54) is 4.57 Å². The number of para-hydroxylation sites is 1. The van der Waals surface area contributed by atoms with Crippen molar-refractivity contribution in [1.29, 1.82) is 0 Å². The fraction of sp³-hybridized carbons (Fsp3) is 0.511. The second kappa shape index (κ2) is 23.1. The molecular formula is C45H64N10O8. The minimum atomic E-state index is -1.35. The van der Waals surface area contributed by atoms with Gasteiger partial charge in [0.15, 0.2) is 5.96 Å². The van der Waals surface area contributed by atoms with Gasteiger partial charge in [0.25, 0.3) is 5.91 Å². The lowest BCUT2D eigenvalue weighted by atomic mass is 9.96. The number of hydrogen-bond acceptors (Lipinski definition) is 8. The molecule has 1 aromatic heterocycles. The van der Waals surface area contributed by atoms with Gasteiger partial charge in [0, 0.05) is 31.0 Å². The first-order valence-corrected chi connectivity index (χ1v) is 21.6. The van der Waals surface area contributed by atoms with Gasteiger partial charge in [-0.25, -0.2) is 9.59 Å². The highest BCUT2D eigenvalue weighted by Crippen LogP contribution is 2.25. The number of rotatable bonds is 17. The zero-order chi connectivity index (χ0) is 46.4. The number of urea groups is 1. The third kappa shape index (κ3) is 14.3. The van der Waals surface area contributed by atoms with E-state index in [1.54, 1.807) is 67.7 Å². The van der Waals surface area contributed by atoms with Gasteiger partial charge in [-0.2, -0.15) is 0 Å². The van der Waals surface area contributed by atoms with Gasteiger partial charge in [-0.1, -0.05) is 96.5 Å². The molecule has 0 aliphatic carbocycles. The van der Waals surface area contributed by atoms with Crippen LogP contribution in [0.25, 0.3) is 10.9 Å². The number of aliphatic carboxylic acids is 1. The molecule has 0 spiro atoms. The Morgan fingerprint density at radius 1 is 0.841 bits per heavy atom. The Hall–Kier alpha value is -6.46. The average molecular weight is 873 g/mol. The number of carbonyl (C=O) groups is 7. The Bertz CT molecular complexity index is 2120. The molecule has 0 saturated heterocycles. The van der Waals surface area contributed by atoms with Gasteiger partial charge in [-0.15, -0.1) is 0 Å². The van der Waals surface area contributed by atoms with Crippen molar-refractivity contribution in [3.05, 3.63) is 71.9 Å². The summed E-state index contributed by atoms with van der Waals surface area (Å²) in [6.07, 6.45) is 2.70. The summed E-state index contributed by atoms with van der Waals surface area (Å²) in [6.45, 7) is 11.3.